The Morgan fingerprint density at radius 3 is 2.33 bits per heavy atom. The van der Waals surface area contributed by atoms with Crippen LogP contribution in [-0.2, 0) is 0 Å². The molecule has 0 radical (unpaired) electrons. The molecule has 104 valence electrons. The fraction of sp³-hybridized carbons (Fsp3) is 0.0588. The minimum atomic E-state index is 0.474. The summed E-state index contributed by atoms with van der Waals surface area (Å²) in [6.07, 6.45) is 3.70. The Labute approximate surface area is 122 Å². The largest absolute Gasteiger partial charge is 0.417 e. The maximum atomic E-state index is 5.65. The van der Waals surface area contributed by atoms with Gasteiger partial charge in [0.1, 0.15) is 0 Å². The second kappa shape index (κ2) is 5.63. The van der Waals surface area contributed by atoms with Crippen molar-refractivity contribution in [2.24, 2.45) is 0 Å². The lowest BCUT2D eigenvalue weighted by Gasteiger charge is -1.95. The van der Waals surface area contributed by atoms with E-state index in [-0.39, 0.29) is 0 Å². The van der Waals surface area contributed by atoms with Crippen LogP contribution in [0, 0.1) is 6.92 Å². The van der Waals surface area contributed by atoms with Crippen LogP contribution in [0.15, 0.2) is 52.9 Å². The third-order valence-electron chi connectivity index (χ3n) is 3.09. The molecular weight excluding hydrogens is 262 g/mol. The van der Waals surface area contributed by atoms with E-state index in [0.29, 0.717) is 11.8 Å². The van der Waals surface area contributed by atoms with Crippen LogP contribution < -0.4 is 5.73 Å². The lowest BCUT2D eigenvalue weighted by atomic mass is 10.1. The smallest absolute Gasteiger partial charge is 0.248 e. The third-order valence-corrected chi connectivity index (χ3v) is 3.09. The lowest BCUT2D eigenvalue weighted by molar-refractivity contribution is 0.558. The fourth-order valence-electron chi connectivity index (χ4n) is 1.89. The zero-order chi connectivity index (χ0) is 14.7. The molecule has 3 aromatic rings. The van der Waals surface area contributed by atoms with Crippen molar-refractivity contribution in [3.05, 3.63) is 65.5 Å². The minimum absolute atomic E-state index is 0.474. The van der Waals surface area contributed by atoms with Crippen LogP contribution in [-0.4, -0.2) is 10.2 Å². The summed E-state index contributed by atoms with van der Waals surface area (Å²) in [5.41, 5.74) is 9.53. The molecule has 3 rings (SSSR count). The highest BCUT2D eigenvalue weighted by atomic mass is 16.4. The van der Waals surface area contributed by atoms with Crippen molar-refractivity contribution >= 4 is 17.8 Å². The van der Waals surface area contributed by atoms with Gasteiger partial charge in [-0.3, -0.25) is 0 Å². The standard InChI is InChI=1S/C17H15N3O/c1-12-2-7-14(8-3-12)17-20-19-16(21-17)11-6-13-4-9-15(18)10-5-13/h2-11H,18H2,1H3/b11-6+. The fourth-order valence-corrected chi connectivity index (χ4v) is 1.89. The van der Waals surface area contributed by atoms with Gasteiger partial charge in [-0.1, -0.05) is 29.8 Å². The number of rotatable bonds is 3. The normalized spacial score (nSPS) is 11.1. The van der Waals surface area contributed by atoms with E-state index in [1.807, 2.05) is 61.5 Å². The van der Waals surface area contributed by atoms with Crippen LogP contribution in [0.25, 0.3) is 23.6 Å². The molecule has 1 heterocycles. The SMILES string of the molecule is Cc1ccc(-c2nnc(/C=C/c3ccc(N)cc3)o2)cc1. The monoisotopic (exact) mass is 277 g/mol. The number of nitrogen functional groups attached to an aromatic ring is 1. The molecule has 2 N–H and O–H groups in total. The molecule has 2 aromatic carbocycles. The van der Waals surface area contributed by atoms with E-state index in [4.69, 9.17) is 10.2 Å². The Hall–Kier alpha value is -2.88. The Bertz CT molecular complexity index is 755. The molecule has 0 spiro atoms. The summed E-state index contributed by atoms with van der Waals surface area (Å²) in [6, 6.07) is 15.5. The van der Waals surface area contributed by atoms with Gasteiger partial charge in [0.15, 0.2) is 0 Å². The molecule has 0 fully saturated rings. The first-order valence-electron chi connectivity index (χ1n) is 6.65. The molecule has 21 heavy (non-hydrogen) atoms. The highest BCUT2D eigenvalue weighted by molar-refractivity contribution is 5.67. The van der Waals surface area contributed by atoms with Crippen LogP contribution in [0.4, 0.5) is 5.69 Å². The van der Waals surface area contributed by atoms with E-state index in [1.54, 1.807) is 6.08 Å². The van der Waals surface area contributed by atoms with Gasteiger partial charge in [0.2, 0.25) is 11.8 Å². The van der Waals surface area contributed by atoms with Crippen molar-refractivity contribution in [3.63, 3.8) is 0 Å². The number of hydrogen-bond donors (Lipinski definition) is 1. The maximum Gasteiger partial charge on any atom is 0.248 e. The Morgan fingerprint density at radius 1 is 0.905 bits per heavy atom. The molecule has 1 aromatic heterocycles. The number of aryl methyl sites for hydroxylation is 1. The zero-order valence-electron chi connectivity index (χ0n) is 11.7. The van der Waals surface area contributed by atoms with Crippen LogP contribution >= 0.6 is 0 Å². The first kappa shape index (κ1) is 13.1. The van der Waals surface area contributed by atoms with Crippen molar-refractivity contribution in [1.29, 1.82) is 0 Å². The quantitative estimate of drug-likeness (QED) is 0.739. The summed E-state index contributed by atoms with van der Waals surface area (Å²) < 4.78 is 5.62. The molecule has 0 saturated heterocycles. The van der Waals surface area contributed by atoms with E-state index in [9.17, 15) is 0 Å². The highest BCUT2D eigenvalue weighted by Gasteiger charge is 2.05. The molecule has 4 nitrogen and oxygen atoms in total. The molecule has 0 unspecified atom stereocenters. The zero-order valence-corrected chi connectivity index (χ0v) is 11.7. The highest BCUT2D eigenvalue weighted by Crippen LogP contribution is 2.19. The number of nitrogens with two attached hydrogens (primary N) is 1. The number of aromatic nitrogens is 2. The van der Waals surface area contributed by atoms with Gasteiger partial charge in [0.25, 0.3) is 0 Å². The average Bonchev–Trinajstić information content (AvgIpc) is 2.96. The predicted molar refractivity (Wildman–Crippen MR) is 84.3 cm³/mol. The number of benzene rings is 2. The summed E-state index contributed by atoms with van der Waals surface area (Å²) in [4.78, 5) is 0. The van der Waals surface area contributed by atoms with Gasteiger partial charge in [-0.25, -0.2) is 0 Å². The summed E-state index contributed by atoms with van der Waals surface area (Å²) in [5, 5.41) is 8.07. The van der Waals surface area contributed by atoms with Crippen LogP contribution in [0.1, 0.15) is 17.0 Å². The second-order valence-electron chi connectivity index (χ2n) is 4.81. The molecular formula is C17H15N3O. The van der Waals surface area contributed by atoms with Crippen LogP contribution in [0.3, 0.4) is 0 Å². The van der Waals surface area contributed by atoms with Gasteiger partial charge >= 0.3 is 0 Å². The number of anilines is 1. The van der Waals surface area contributed by atoms with Crippen molar-refractivity contribution in [2.75, 3.05) is 5.73 Å². The van der Waals surface area contributed by atoms with Crippen molar-refractivity contribution in [3.8, 4) is 11.5 Å². The van der Waals surface area contributed by atoms with Gasteiger partial charge < -0.3 is 10.2 Å². The van der Waals surface area contributed by atoms with Crippen molar-refractivity contribution < 1.29 is 4.42 Å². The lowest BCUT2D eigenvalue weighted by Crippen LogP contribution is -1.82. The van der Waals surface area contributed by atoms with Crippen molar-refractivity contribution in [2.45, 2.75) is 6.92 Å². The molecule has 0 aliphatic carbocycles. The number of nitrogens with zero attached hydrogens (tertiary/aromatic N) is 2. The maximum absolute atomic E-state index is 5.65. The van der Waals surface area contributed by atoms with Gasteiger partial charge in [-0.2, -0.15) is 0 Å². The first-order valence-corrected chi connectivity index (χ1v) is 6.65. The Morgan fingerprint density at radius 2 is 1.62 bits per heavy atom. The van der Waals surface area contributed by atoms with Crippen molar-refractivity contribution in [1.82, 2.24) is 10.2 Å². The molecule has 0 aliphatic rings. The summed E-state index contributed by atoms with van der Waals surface area (Å²) >= 11 is 0. The van der Waals surface area contributed by atoms with Gasteiger partial charge in [-0.05, 0) is 42.8 Å². The van der Waals surface area contributed by atoms with Gasteiger partial charge in [0.05, 0.1) is 0 Å². The molecule has 0 aliphatic heterocycles. The Kier molecular flexibility index (Phi) is 3.51. The molecule has 0 amide bonds. The van der Waals surface area contributed by atoms with E-state index in [0.717, 1.165) is 16.8 Å². The first-order chi connectivity index (χ1) is 10.2. The molecule has 4 heteroatoms. The summed E-state index contributed by atoms with van der Waals surface area (Å²) in [7, 11) is 0. The van der Waals surface area contributed by atoms with E-state index in [1.165, 1.54) is 5.56 Å². The molecule has 0 bridgehead atoms. The topological polar surface area (TPSA) is 64.9 Å². The molecule has 0 saturated carbocycles. The Balaban J connectivity index is 1.78. The minimum Gasteiger partial charge on any atom is -0.417 e. The average molecular weight is 277 g/mol. The van der Waals surface area contributed by atoms with E-state index >= 15 is 0 Å². The number of hydrogen-bond acceptors (Lipinski definition) is 4. The molecule has 0 atom stereocenters. The predicted octanol–water partition coefficient (Wildman–Crippen LogP) is 3.80. The second-order valence-corrected chi connectivity index (χ2v) is 4.81. The van der Waals surface area contributed by atoms with E-state index < -0.39 is 0 Å². The summed E-state index contributed by atoms with van der Waals surface area (Å²) in [6.45, 7) is 2.04. The van der Waals surface area contributed by atoms with Crippen LogP contribution in [0.5, 0.6) is 0 Å². The van der Waals surface area contributed by atoms with E-state index in [2.05, 4.69) is 10.2 Å². The third kappa shape index (κ3) is 3.17. The van der Waals surface area contributed by atoms with Gasteiger partial charge in [0, 0.05) is 17.3 Å². The van der Waals surface area contributed by atoms with Crippen LogP contribution in [0.2, 0.25) is 0 Å². The summed E-state index contributed by atoms with van der Waals surface area (Å²) in [5.74, 6) is 0.995. The van der Waals surface area contributed by atoms with Gasteiger partial charge in [-0.15, -0.1) is 10.2 Å².